The molecule has 1 aliphatic carbocycles. The van der Waals surface area contributed by atoms with Crippen molar-refractivity contribution >= 4 is 23.5 Å². The number of benzene rings is 2. The molecule has 0 fully saturated rings. The average molecular weight is 645 g/mol. The van der Waals surface area contributed by atoms with Crippen LogP contribution in [-0.2, 0) is 23.8 Å². The summed E-state index contributed by atoms with van der Waals surface area (Å²) in [6, 6.07) is 14.6. The highest BCUT2D eigenvalue weighted by atomic mass is 19.4. The molecule has 0 aliphatic heterocycles. The number of unbranched alkanes of at least 4 members (excludes halogenated alkanes) is 7. The van der Waals surface area contributed by atoms with Crippen LogP contribution in [0.2, 0.25) is 0 Å². The van der Waals surface area contributed by atoms with Gasteiger partial charge in [0.05, 0.1) is 12.2 Å². The molecule has 0 aromatic heterocycles. The fourth-order valence-electron chi connectivity index (χ4n) is 4.77. The third kappa shape index (κ3) is 11.2. The van der Waals surface area contributed by atoms with E-state index in [-0.39, 0.29) is 24.3 Å². The number of hydrogen-bond acceptors (Lipinski definition) is 7. The highest BCUT2D eigenvalue weighted by Crippen LogP contribution is 2.32. The Labute approximate surface area is 268 Å². The van der Waals surface area contributed by atoms with E-state index in [9.17, 15) is 27.6 Å². The van der Waals surface area contributed by atoms with E-state index < -0.39 is 35.8 Å². The number of ether oxygens (including phenoxy) is 4. The Balaban J connectivity index is 1.66. The van der Waals surface area contributed by atoms with Crippen LogP contribution in [0.5, 0.6) is 5.75 Å². The van der Waals surface area contributed by atoms with Crippen LogP contribution in [0.1, 0.15) is 94.0 Å². The van der Waals surface area contributed by atoms with Crippen LogP contribution in [0, 0.1) is 0 Å². The maximum absolute atomic E-state index is 13.5. The van der Waals surface area contributed by atoms with Gasteiger partial charge in [-0.25, -0.2) is 14.4 Å². The lowest BCUT2D eigenvalue weighted by molar-refractivity contribution is -0.218. The Bertz CT molecular complexity index is 1320. The molecule has 0 N–H and O–H groups in total. The fraction of sp³-hybridized carbons (Fsp3) is 0.472. The third-order valence-corrected chi connectivity index (χ3v) is 7.50. The van der Waals surface area contributed by atoms with Crippen LogP contribution < -0.4 is 4.74 Å². The summed E-state index contributed by atoms with van der Waals surface area (Å²) in [6.07, 6.45) is 6.06. The second kappa shape index (κ2) is 18.3. The molecule has 1 aliphatic rings. The lowest BCUT2D eigenvalue weighted by Crippen LogP contribution is -2.43. The van der Waals surface area contributed by atoms with E-state index in [4.69, 9.17) is 9.47 Å². The second-order valence-corrected chi connectivity index (χ2v) is 11.2. The topological polar surface area (TPSA) is 88.1 Å². The van der Waals surface area contributed by atoms with Gasteiger partial charge in [-0.2, -0.15) is 13.2 Å². The number of carbonyl (C=O) groups is 3. The Morgan fingerprint density at radius 1 is 0.826 bits per heavy atom. The van der Waals surface area contributed by atoms with Gasteiger partial charge in [-0.3, -0.25) is 0 Å². The van der Waals surface area contributed by atoms with Crippen LogP contribution in [0.3, 0.4) is 0 Å². The van der Waals surface area contributed by atoms with E-state index in [2.05, 4.69) is 16.4 Å². The van der Waals surface area contributed by atoms with Crippen molar-refractivity contribution in [2.45, 2.75) is 95.9 Å². The quantitative estimate of drug-likeness (QED) is 0.0913. The van der Waals surface area contributed by atoms with Gasteiger partial charge >= 0.3 is 24.1 Å². The standard InChI is InChI=1S/C36H43F3O7/c1-3-5-7-8-9-10-14-26-44-35(23-21-28(22-24-35)27-15-12-11-13-16-27)34(42)45-30-19-17-29(18-20-30)32(40)46-31(36(37,38)39)33(41)43-25-6-4-2/h11-13,15-23,31H,3-10,14,24-26H2,1-2H3. The van der Waals surface area contributed by atoms with Gasteiger partial charge < -0.3 is 18.9 Å². The Hall–Kier alpha value is -3.92. The zero-order valence-electron chi connectivity index (χ0n) is 26.5. The van der Waals surface area contributed by atoms with Crippen LogP contribution in [0.25, 0.3) is 5.57 Å². The summed E-state index contributed by atoms with van der Waals surface area (Å²) in [5.74, 6) is -3.68. The van der Waals surface area contributed by atoms with Gasteiger partial charge in [-0.1, -0.05) is 101 Å². The number of carbonyl (C=O) groups excluding carboxylic acids is 3. The number of alkyl halides is 3. The van der Waals surface area contributed by atoms with E-state index in [0.29, 0.717) is 19.4 Å². The molecular weight excluding hydrogens is 601 g/mol. The van der Waals surface area contributed by atoms with Crippen molar-refractivity contribution in [3.8, 4) is 5.75 Å². The summed E-state index contributed by atoms with van der Waals surface area (Å²) < 4.78 is 61.2. The highest BCUT2D eigenvalue weighted by Gasteiger charge is 2.49. The molecule has 7 nitrogen and oxygen atoms in total. The van der Waals surface area contributed by atoms with Crippen LogP contribution in [0.15, 0.2) is 72.8 Å². The molecule has 0 saturated heterocycles. The average Bonchev–Trinajstić information content (AvgIpc) is 3.05. The summed E-state index contributed by atoms with van der Waals surface area (Å²) in [6.45, 7) is 4.09. The number of halogens is 3. The summed E-state index contributed by atoms with van der Waals surface area (Å²) in [5.41, 5.74) is 0.291. The van der Waals surface area contributed by atoms with Crippen molar-refractivity contribution in [3.63, 3.8) is 0 Å². The predicted molar refractivity (Wildman–Crippen MR) is 168 cm³/mol. The molecule has 2 unspecified atom stereocenters. The Kier molecular flexibility index (Phi) is 14.5. The van der Waals surface area contributed by atoms with Gasteiger partial charge in [0.1, 0.15) is 5.75 Å². The molecule has 0 bridgehead atoms. The molecule has 0 heterocycles. The molecular formula is C36H43F3O7. The third-order valence-electron chi connectivity index (χ3n) is 7.50. The first kappa shape index (κ1) is 36.5. The maximum Gasteiger partial charge on any atom is 0.436 e. The molecule has 0 amide bonds. The molecule has 0 spiro atoms. The second-order valence-electron chi connectivity index (χ2n) is 11.2. The fourth-order valence-corrected chi connectivity index (χ4v) is 4.77. The van der Waals surface area contributed by atoms with Crippen molar-refractivity contribution in [1.29, 1.82) is 0 Å². The van der Waals surface area contributed by atoms with Crippen molar-refractivity contribution in [2.75, 3.05) is 13.2 Å². The zero-order chi connectivity index (χ0) is 33.4. The molecule has 3 rings (SSSR count). The minimum Gasteiger partial charge on any atom is -0.463 e. The van der Waals surface area contributed by atoms with Gasteiger partial charge in [0.25, 0.3) is 6.10 Å². The summed E-state index contributed by atoms with van der Waals surface area (Å²) >= 11 is 0. The number of allylic oxidation sites excluding steroid dienone is 2. The van der Waals surface area contributed by atoms with Crippen LogP contribution in [0.4, 0.5) is 13.2 Å². The Morgan fingerprint density at radius 2 is 1.48 bits per heavy atom. The number of rotatable bonds is 18. The summed E-state index contributed by atoms with van der Waals surface area (Å²) in [5, 5.41) is 0. The molecule has 2 atom stereocenters. The lowest BCUT2D eigenvalue weighted by atomic mass is 9.89. The van der Waals surface area contributed by atoms with Crippen molar-refractivity contribution in [3.05, 3.63) is 84.0 Å². The molecule has 2 aromatic rings. The highest BCUT2D eigenvalue weighted by molar-refractivity contribution is 5.92. The minimum absolute atomic E-state index is 0.0537. The normalized spacial score (nSPS) is 16.8. The molecule has 46 heavy (non-hydrogen) atoms. The number of esters is 3. The summed E-state index contributed by atoms with van der Waals surface area (Å²) in [4.78, 5) is 38.0. The van der Waals surface area contributed by atoms with Crippen molar-refractivity contribution in [1.82, 2.24) is 0 Å². The van der Waals surface area contributed by atoms with Gasteiger partial charge in [0.15, 0.2) is 5.60 Å². The first-order valence-electron chi connectivity index (χ1n) is 15.9. The first-order valence-corrected chi connectivity index (χ1v) is 15.9. The van der Waals surface area contributed by atoms with Gasteiger partial charge in [-0.15, -0.1) is 0 Å². The van der Waals surface area contributed by atoms with E-state index >= 15 is 0 Å². The summed E-state index contributed by atoms with van der Waals surface area (Å²) in [7, 11) is 0. The van der Waals surface area contributed by atoms with E-state index in [0.717, 1.165) is 49.0 Å². The smallest absolute Gasteiger partial charge is 0.436 e. The van der Waals surface area contributed by atoms with Gasteiger partial charge in [-0.05, 0) is 54.3 Å². The molecule has 250 valence electrons. The van der Waals surface area contributed by atoms with Crippen LogP contribution >= 0.6 is 0 Å². The largest absolute Gasteiger partial charge is 0.463 e. The maximum atomic E-state index is 13.5. The number of hydrogen-bond donors (Lipinski definition) is 0. The minimum atomic E-state index is -5.15. The monoisotopic (exact) mass is 644 g/mol. The lowest BCUT2D eigenvalue weighted by Gasteiger charge is -2.30. The SMILES string of the molecule is CCCCCCCCCOC1(C(=O)Oc2ccc(C(=O)OC(C(=O)OCCCC)C(F)(F)F)cc2)C=CC(c2ccccc2)=CC1. The van der Waals surface area contributed by atoms with Gasteiger partial charge in [0, 0.05) is 13.0 Å². The van der Waals surface area contributed by atoms with Crippen molar-refractivity contribution < 1.29 is 46.5 Å². The van der Waals surface area contributed by atoms with Gasteiger partial charge in [0.2, 0.25) is 0 Å². The Morgan fingerprint density at radius 3 is 2.09 bits per heavy atom. The predicted octanol–water partition coefficient (Wildman–Crippen LogP) is 8.57. The molecule has 0 saturated carbocycles. The molecule has 2 aromatic carbocycles. The zero-order valence-corrected chi connectivity index (χ0v) is 26.5. The van der Waals surface area contributed by atoms with E-state index in [1.165, 1.54) is 31.4 Å². The molecule has 0 radical (unpaired) electrons. The van der Waals surface area contributed by atoms with E-state index in [1.54, 1.807) is 13.0 Å². The first-order chi connectivity index (χ1) is 22.1. The van der Waals surface area contributed by atoms with E-state index in [1.807, 2.05) is 42.5 Å². The van der Waals surface area contributed by atoms with Crippen molar-refractivity contribution in [2.24, 2.45) is 0 Å². The van der Waals surface area contributed by atoms with Crippen LogP contribution in [-0.4, -0.2) is 49.0 Å². The molecule has 10 heteroatoms.